The van der Waals surface area contributed by atoms with Crippen LogP contribution in [0.2, 0.25) is 0 Å². The summed E-state index contributed by atoms with van der Waals surface area (Å²) in [5, 5.41) is 0. The van der Waals surface area contributed by atoms with Crippen LogP contribution in [0.4, 0.5) is 15.8 Å². The lowest BCUT2D eigenvalue weighted by molar-refractivity contribution is -0.116. The van der Waals surface area contributed by atoms with E-state index in [-0.39, 0.29) is 5.91 Å². The van der Waals surface area contributed by atoms with Crippen LogP contribution in [-0.2, 0) is 17.6 Å². The minimum absolute atomic E-state index is 0.103. The third-order valence-corrected chi connectivity index (χ3v) is 7.72. The smallest absolute Gasteiger partial charge is 0.223 e. The fraction of sp³-hybridized carbons (Fsp3) is 0.500. The number of carbonyl (C=O) groups excluding carboxylic acids is 1. The number of anilines is 2. The predicted molar refractivity (Wildman–Crippen MR) is 124 cm³/mol. The molecule has 0 aliphatic carbocycles. The van der Waals surface area contributed by atoms with Gasteiger partial charge in [0.2, 0.25) is 5.91 Å². The minimum atomic E-state index is -0.908. The second-order valence-electron chi connectivity index (χ2n) is 9.61. The lowest BCUT2D eigenvalue weighted by Gasteiger charge is -2.42. The summed E-state index contributed by atoms with van der Waals surface area (Å²) in [4.78, 5) is 18.9. The lowest BCUT2D eigenvalue weighted by Crippen LogP contribution is -2.51. The molecule has 168 valence electrons. The molecule has 0 saturated carbocycles. The molecule has 32 heavy (non-hydrogen) atoms. The summed E-state index contributed by atoms with van der Waals surface area (Å²) in [6, 6.07) is 12.9. The molecule has 4 aliphatic heterocycles. The number of rotatable bonds is 4. The summed E-state index contributed by atoms with van der Waals surface area (Å²) in [6.07, 6.45) is 1.46. The Morgan fingerprint density at radius 1 is 1.19 bits per heavy atom. The average Bonchev–Trinajstić information content (AvgIpc) is 3.39. The average molecular weight is 436 g/mol. The van der Waals surface area contributed by atoms with Gasteiger partial charge in [-0.05, 0) is 29.2 Å². The van der Waals surface area contributed by atoms with Gasteiger partial charge in [0.15, 0.2) is 0 Å². The lowest BCUT2D eigenvalue weighted by atomic mass is 9.88. The molecule has 0 radical (unpaired) electrons. The number of benzene rings is 2. The molecule has 6 rings (SSSR count). The molecule has 4 aliphatic rings. The molecular weight excluding hydrogens is 405 g/mol. The number of carbonyl (C=O) groups is 1. The molecule has 0 spiro atoms. The second-order valence-corrected chi connectivity index (χ2v) is 9.61. The monoisotopic (exact) mass is 435 g/mol. The molecule has 0 aromatic heterocycles. The Balaban J connectivity index is 1.18. The zero-order valence-corrected chi connectivity index (χ0v) is 18.6. The molecule has 0 bridgehead atoms. The molecule has 6 heteroatoms. The highest BCUT2D eigenvalue weighted by Gasteiger charge is 2.45. The van der Waals surface area contributed by atoms with Gasteiger partial charge in [0.05, 0.1) is 18.0 Å². The maximum absolute atomic E-state index is 15.2. The van der Waals surface area contributed by atoms with Crippen molar-refractivity contribution in [1.29, 1.82) is 0 Å². The van der Waals surface area contributed by atoms with E-state index in [1.54, 1.807) is 6.92 Å². The maximum atomic E-state index is 15.2. The summed E-state index contributed by atoms with van der Waals surface area (Å²) >= 11 is 0. The van der Waals surface area contributed by atoms with Crippen molar-refractivity contribution >= 4 is 17.3 Å². The van der Waals surface area contributed by atoms with Crippen molar-refractivity contribution in [3.8, 4) is 5.75 Å². The highest BCUT2D eigenvalue weighted by Crippen LogP contribution is 2.50. The SMILES string of the molecule is CC(=O)N1CCN2c3c(cccc31)[C@@H]1CN(CC(F)Cc3cccc4c3OCC4)CC[C@@H]12. The molecular formula is C26H30FN3O2. The maximum Gasteiger partial charge on any atom is 0.223 e. The van der Waals surface area contributed by atoms with Crippen LogP contribution in [0.1, 0.15) is 36.0 Å². The predicted octanol–water partition coefficient (Wildman–Crippen LogP) is 3.55. The highest BCUT2D eigenvalue weighted by molar-refractivity contribution is 5.98. The third-order valence-electron chi connectivity index (χ3n) is 7.72. The fourth-order valence-corrected chi connectivity index (χ4v) is 6.36. The number of fused-ring (bicyclic) bond motifs is 4. The second kappa shape index (κ2) is 7.77. The molecule has 5 nitrogen and oxygen atoms in total. The molecule has 3 atom stereocenters. The van der Waals surface area contributed by atoms with E-state index in [1.165, 1.54) is 16.8 Å². The number of para-hydroxylation sites is 2. The number of halogens is 1. The molecule has 0 N–H and O–H groups in total. The van der Waals surface area contributed by atoms with Gasteiger partial charge < -0.3 is 14.5 Å². The van der Waals surface area contributed by atoms with E-state index in [1.807, 2.05) is 17.0 Å². The molecule has 1 fully saturated rings. The molecule has 1 saturated heterocycles. The van der Waals surface area contributed by atoms with Crippen LogP contribution in [0.25, 0.3) is 0 Å². The first-order chi connectivity index (χ1) is 15.6. The van der Waals surface area contributed by atoms with E-state index < -0.39 is 6.17 Å². The quantitative estimate of drug-likeness (QED) is 0.736. The first kappa shape index (κ1) is 20.0. The summed E-state index contributed by atoms with van der Waals surface area (Å²) in [6.45, 7) is 6.24. The third kappa shape index (κ3) is 3.19. The zero-order chi connectivity index (χ0) is 21.8. The Hall–Kier alpha value is -2.60. The highest BCUT2D eigenvalue weighted by atomic mass is 19.1. The van der Waals surface area contributed by atoms with Crippen molar-refractivity contribution < 1.29 is 13.9 Å². The van der Waals surface area contributed by atoms with Crippen LogP contribution in [0, 0.1) is 0 Å². The van der Waals surface area contributed by atoms with Crippen molar-refractivity contribution in [2.45, 2.75) is 44.3 Å². The summed E-state index contributed by atoms with van der Waals surface area (Å²) in [7, 11) is 0. The first-order valence-corrected chi connectivity index (χ1v) is 11.9. The van der Waals surface area contributed by atoms with Gasteiger partial charge in [0.25, 0.3) is 0 Å². The van der Waals surface area contributed by atoms with E-state index in [9.17, 15) is 4.79 Å². The molecule has 2 aromatic rings. The molecule has 2 aromatic carbocycles. The molecule has 1 unspecified atom stereocenters. The van der Waals surface area contributed by atoms with Gasteiger partial charge >= 0.3 is 0 Å². The minimum Gasteiger partial charge on any atom is -0.493 e. The van der Waals surface area contributed by atoms with Crippen LogP contribution in [-0.4, -0.2) is 62.4 Å². The van der Waals surface area contributed by atoms with Gasteiger partial charge in [0, 0.05) is 64.4 Å². The van der Waals surface area contributed by atoms with Crippen LogP contribution < -0.4 is 14.5 Å². The van der Waals surface area contributed by atoms with Gasteiger partial charge in [-0.1, -0.05) is 30.3 Å². The van der Waals surface area contributed by atoms with Crippen molar-refractivity contribution in [2.24, 2.45) is 0 Å². The van der Waals surface area contributed by atoms with Gasteiger partial charge in [-0.2, -0.15) is 0 Å². The Labute approximate surface area is 188 Å². The van der Waals surface area contributed by atoms with Crippen molar-refractivity contribution in [3.05, 3.63) is 53.1 Å². The van der Waals surface area contributed by atoms with Gasteiger partial charge in [-0.15, -0.1) is 0 Å². The van der Waals surface area contributed by atoms with Crippen molar-refractivity contribution in [3.63, 3.8) is 0 Å². The van der Waals surface area contributed by atoms with E-state index in [2.05, 4.69) is 34.1 Å². The molecule has 4 heterocycles. The standard InChI is InChI=1S/C26H30FN3O2/c1-17(31)29-11-12-30-23-8-10-28(16-22(23)21-6-3-7-24(29)25(21)30)15-20(27)14-19-5-2-4-18-9-13-32-26(18)19/h2-7,20,22-23H,8-16H2,1H3/t20?,22-,23-/m0/s1. The number of nitrogens with zero attached hydrogens (tertiary/aromatic N) is 3. The number of hydrogen-bond donors (Lipinski definition) is 0. The van der Waals surface area contributed by atoms with Gasteiger partial charge in [-0.25, -0.2) is 4.39 Å². The Bertz CT molecular complexity index is 1060. The Kier molecular flexibility index (Phi) is 4.86. The normalized spacial score (nSPS) is 24.6. The Morgan fingerprint density at radius 2 is 2.06 bits per heavy atom. The number of hydrogen-bond acceptors (Lipinski definition) is 4. The molecule has 1 amide bonds. The number of alkyl halides is 1. The van der Waals surface area contributed by atoms with E-state index in [0.29, 0.717) is 31.5 Å². The van der Waals surface area contributed by atoms with E-state index >= 15 is 4.39 Å². The van der Waals surface area contributed by atoms with Crippen molar-refractivity contribution in [1.82, 2.24) is 4.90 Å². The first-order valence-electron chi connectivity index (χ1n) is 11.9. The van der Waals surface area contributed by atoms with Crippen LogP contribution in [0.5, 0.6) is 5.75 Å². The van der Waals surface area contributed by atoms with Crippen LogP contribution in [0.15, 0.2) is 36.4 Å². The summed E-state index contributed by atoms with van der Waals surface area (Å²) < 4.78 is 21.0. The number of likely N-dealkylation sites (tertiary alicyclic amines) is 1. The largest absolute Gasteiger partial charge is 0.493 e. The van der Waals surface area contributed by atoms with Crippen LogP contribution in [0.3, 0.4) is 0 Å². The number of piperidine rings is 1. The van der Waals surface area contributed by atoms with Gasteiger partial charge in [-0.3, -0.25) is 9.69 Å². The zero-order valence-electron chi connectivity index (χ0n) is 18.6. The fourth-order valence-electron chi connectivity index (χ4n) is 6.36. The van der Waals surface area contributed by atoms with Crippen LogP contribution >= 0.6 is 0 Å². The van der Waals surface area contributed by atoms with Crippen molar-refractivity contribution in [2.75, 3.05) is 49.1 Å². The summed E-state index contributed by atoms with van der Waals surface area (Å²) in [5.41, 5.74) is 5.81. The van der Waals surface area contributed by atoms with Gasteiger partial charge in [0.1, 0.15) is 11.9 Å². The topological polar surface area (TPSA) is 36.0 Å². The Morgan fingerprint density at radius 3 is 2.94 bits per heavy atom. The number of amides is 1. The number of ether oxygens (including phenoxy) is 1. The summed E-state index contributed by atoms with van der Waals surface area (Å²) in [5.74, 6) is 1.39. The van der Waals surface area contributed by atoms with E-state index in [4.69, 9.17) is 4.74 Å². The van der Waals surface area contributed by atoms with E-state index in [0.717, 1.165) is 56.0 Å².